The van der Waals surface area contributed by atoms with Crippen LogP contribution in [0.2, 0.25) is 0 Å². The van der Waals surface area contributed by atoms with Crippen LogP contribution in [0.3, 0.4) is 0 Å². The van der Waals surface area contributed by atoms with Crippen molar-refractivity contribution in [3.05, 3.63) is 47.4 Å². The molecule has 1 N–H and O–H groups in total. The first-order valence-corrected chi connectivity index (χ1v) is 10.7. The fourth-order valence-corrected chi connectivity index (χ4v) is 3.99. The molecule has 0 saturated heterocycles. The van der Waals surface area contributed by atoms with E-state index in [1.54, 1.807) is 26.0 Å². The summed E-state index contributed by atoms with van der Waals surface area (Å²) in [5.74, 6) is 0.778. The minimum absolute atomic E-state index is 0.194. The third-order valence-electron chi connectivity index (χ3n) is 5.54. The summed E-state index contributed by atoms with van der Waals surface area (Å²) in [7, 11) is 0. The van der Waals surface area contributed by atoms with Crippen LogP contribution in [0.1, 0.15) is 46.1 Å². The molecular weight excluding hydrogens is 394 g/mol. The van der Waals surface area contributed by atoms with E-state index in [2.05, 4.69) is 15.1 Å². The van der Waals surface area contributed by atoms with Gasteiger partial charge >= 0.3 is 6.09 Å². The molecule has 4 rings (SSSR count). The van der Waals surface area contributed by atoms with Crippen LogP contribution in [-0.2, 0) is 4.74 Å². The number of nitroso groups, excluding NO2 is 1. The molecule has 162 valence electrons. The Morgan fingerprint density at radius 2 is 1.94 bits per heavy atom. The zero-order valence-electron chi connectivity index (χ0n) is 18.1. The summed E-state index contributed by atoms with van der Waals surface area (Å²) >= 11 is 0. The number of amides is 1. The quantitative estimate of drug-likeness (QED) is 0.426. The van der Waals surface area contributed by atoms with E-state index in [1.807, 2.05) is 37.3 Å². The van der Waals surface area contributed by atoms with Gasteiger partial charge in [0.05, 0.1) is 23.9 Å². The van der Waals surface area contributed by atoms with Gasteiger partial charge in [-0.25, -0.2) is 4.79 Å². The lowest BCUT2D eigenvalue weighted by Gasteiger charge is -2.30. The molecule has 1 amide bonds. The second-order valence-corrected chi connectivity index (χ2v) is 8.01. The normalized spacial score (nSPS) is 13.8. The van der Waals surface area contributed by atoms with Gasteiger partial charge in [0, 0.05) is 28.7 Å². The van der Waals surface area contributed by atoms with Crippen molar-refractivity contribution >= 4 is 28.4 Å². The highest BCUT2D eigenvalue weighted by atomic mass is 16.6. The van der Waals surface area contributed by atoms with E-state index in [0.717, 1.165) is 40.8 Å². The molecule has 1 saturated carbocycles. The standard InChI is InChI=1S/C24H27N3O4/c1-4-30-19-12-13-20-21(14-19)27(18-6-5-7-18)23(22(20)26-29)16-8-10-17(11-9-16)25-24(28)31-15(2)3/h8-15,18H,4-7H2,1-3H3,(H,25,28). The molecule has 1 aliphatic rings. The molecule has 7 heteroatoms. The average Bonchev–Trinajstić information content (AvgIpc) is 3.00. The third-order valence-corrected chi connectivity index (χ3v) is 5.54. The van der Waals surface area contributed by atoms with E-state index >= 15 is 0 Å². The molecule has 0 unspecified atom stereocenters. The zero-order valence-corrected chi connectivity index (χ0v) is 18.1. The van der Waals surface area contributed by atoms with Gasteiger partial charge in [0.25, 0.3) is 0 Å². The summed E-state index contributed by atoms with van der Waals surface area (Å²) in [6.07, 6.45) is 2.60. The van der Waals surface area contributed by atoms with Gasteiger partial charge in [-0.1, -0.05) is 12.1 Å². The lowest BCUT2D eigenvalue weighted by atomic mass is 9.92. The lowest BCUT2D eigenvalue weighted by molar-refractivity contribution is 0.130. The molecule has 0 spiro atoms. The fraction of sp³-hybridized carbons (Fsp3) is 0.375. The number of carbonyl (C=O) groups excluding carboxylic acids is 1. The third kappa shape index (κ3) is 4.13. The van der Waals surface area contributed by atoms with Gasteiger partial charge in [0.2, 0.25) is 0 Å². The van der Waals surface area contributed by atoms with Crippen LogP contribution in [0.4, 0.5) is 16.2 Å². The van der Waals surface area contributed by atoms with Crippen molar-refractivity contribution in [1.82, 2.24) is 4.57 Å². The topological polar surface area (TPSA) is 81.9 Å². The predicted molar refractivity (Wildman–Crippen MR) is 122 cm³/mol. The summed E-state index contributed by atoms with van der Waals surface area (Å²) in [6, 6.07) is 13.5. The molecule has 0 bridgehead atoms. The van der Waals surface area contributed by atoms with Crippen molar-refractivity contribution in [2.75, 3.05) is 11.9 Å². The van der Waals surface area contributed by atoms with Crippen LogP contribution in [0.5, 0.6) is 5.75 Å². The molecule has 0 radical (unpaired) electrons. The number of hydrogen-bond donors (Lipinski definition) is 1. The van der Waals surface area contributed by atoms with Gasteiger partial charge in [0.1, 0.15) is 11.4 Å². The molecule has 31 heavy (non-hydrogen) atoms. The number of nitrogens with one attached hydrogen (secondary N) is 1. The van der Waals surface area contributed by atoms with Crippen LogP contribution >= 0.6 is 0 Å². The number of nitrogens with zero attached hydrogens (tertiary/aromatic N) is 2. The van der Waals surface area contributed by atoms with Gasteiger partial charge < -0.3 is 14.0 Å². The average molecular weight is 421 g/mol. The number of benzene rings is 2. The Morgan fingerprint density at radius 1 is 1.19 bits per heavy atom. The van der Waals surface area contributed by atoms with Crippen LogP contribution < -0.4 is 10.1 Å². The summed E-state index contributed by atoms with van der Waals surface area (Å²) in [5, 5.41) is 6.96. The highest BCUT2D eigenvalue weighted by Gasteiger charge is 2.28. The molecule has 2 aromatic carbocycles. The first-order chi connectivity index (χ1) is 15.0. The number of anilines is 1. The first-order valence-electron chi connectivity index (χ1n) is 10.7. The van der Waals surface area contributed by atoms with Gasteiger partial charge in [-0.05, 0) is 69.5 Å². The maximum absolute atomic E-state index is 11.9. The largest absolute Gasteiger partial charge is 0.494 e. The second kappa shape index (κ2) is 8.79. The Labute approximate surface area is 181 Å². The molecule has 7 nitrogen and oxygen atoms in total. The Morgan fingerprint density at radius 3 is 2.52 bits per heavy atom. The number of carbonyl (C=O) groups is 1. The fourth-order valence-electron chi connectivity index (χ4n) is 3.99. The molecule has 3 aromatic rings. The Hall–Kier alpha value is -3.35. The van der Waals surface area contributed by atoms with E-state index in [9.17, 15) is 9.70 Å². The summed E-state index contributed by atoms with van der Waals surface area (Å²) in [6.45, 7) is 6.13. The zero-order chi connectivity index (χ0) is 22.0. The first kappa shape index (κ1) is 20.9. The highest BCUT2D eigenvalue weighted by molar-refractivity contribution is 6.01. The van der Waals surface area contributed by atoms with E-state index in [0.29, 0.717) is 24.0 Å². The summed E-state index contributed by atoms with van der Waals surface area (Å²) in [5.41, 5.74) is 3.70. The predicted octanol–water partition coefficient (Wildman–Crippen LogP) is 6.79. The number of rotatable bonds is 7. The van der Waals surface area contributed by atoms with E-state index in [1.165, 1.54) is 6.42 Å². The molecule has 1 aromatic heterocycles. The van der Waals surface area contributed by atoms with Gasteiger partial charge in [-0.15, -0.1) is 4.91 Å². The number of fused-ring (bicyclic) bond motifs is 1. The Balaban J connectivity index is 1.77. The van der Waals surface area contributed by atoms with Crippen molar-refractivity contribution in [2.45, 2.75) is 52.2 Å². The van der Waals surface area contributed by atoms with Crippen molar-refractivity contribution in [3.63, 3.8) is 0 Å². The van der Waals surface area contributed by atoms with Gasteiger partial charge in [0.15, 0.2) is 0 Å². The van der Waals surface area contributed by atoms with E-state index in [4.69, 9.17) is 9.47 Å². The molecule has 0 atom stereocenters. The molecule has 1 fully saturated rings. The monoisotopic (exact) mass is 421 g/mol. The minimum atomic E-state index is -0.495. The van der Waals surface area contributed by atoms with E-state index in [-0.39, 0.29) is 6.10 Å². The van der Waals surface area contributed by atoms with Crippen molar-refractivity contribution in [1.29, 1.82) is 0 Å². The lowest BCUT2D eigenvalue weighted by Crippen LogP contribution is -2.18. The van der Waals surface area contributed by atoms with Crippen LogP contribution in [0, 0.1) is 4.91 Å². The molecule has 1 aliphatic carbocycles. The SMILES string of the molecule is CCOc1ccc2c(N=O)c(-c3ccc(NC(=O)OC(C)C)cc3)n(C3CCC3)c2c1. The van der Waals surface area contributed by atoms with Crippen molar-refractivity contribution < 1.29 is 14.3 Å². The van der Waals surface area contributed by atoms with Crippen molar-refractivity contribution in [2.24, 2.45) is 5.18 Å². The van der Waals surface area contributed by atoms with Crippen molar-refractivity contribution in [3.8, 4) is 17.0 Å². The number of ether oxygens (including phenoxy) is 2. The Kier molecular flexibility index (Phi) is 5.93. The molecule has 0 aliphatic heterocycles. The van der Waals surface area contributed by atoms with Crippen LogP contribution in [0.15, 0.2) is 47.6 Å². The Bertz CT molecular complexity index is 1100. The molecular formula is C24H27N3O4. The van der Waals surface area contributed by atoms with Crippen LogP contribution in [-0.4, -0.2) is 23.4 Å². The minimum Gasteiger partial charge on any atom is -0.494 e. The number of aromatic nitrogens is 1. The smallest absolute Gasteiger partial charge is 0.411 e. The molecule has 1 heterocycles. The van der Waals surface area contributed by atoms with Gasteiger partial charge in [-0.2, -0.15) is 0 Å². The number of hydrogen-bond acceptors (Lipinski definition) is 5. The maximum Gasteiger partial charge on any atom is 0.411 e. The second-order valence-electron chi connectivity index (χ2n) is 8.01. The van der Waals surface area contributed by atoms with Gasteiger partial charge in [-0.3, -0.25) is 5.32 Å². The van der Waals surface area contributed by atoms with E-state index < -0.39 is 6.09 Å². The maximum atomic E-state index is 11.9. The van der Waals surface area contributed by atoms with Crippen LogP contribution in [0.25, 0.3) is 22.2 Å². The summed E-state index contributed by atoms with van der Waals surface area (Å²) in [4.78, 5) is 23.8. The highest BCUT2D eigenvalue weighted by Crippen LogP contribution is 2.47. The summed E-state index contributed by atoms with van der Waals surface area (Å²) < 4.78 is 13.1.